The lowest BCUT2D eigenvalue weighted by molar-refractivity contribution is -0.124. The highest BCUT2D eigenvalue weighted by Gasteiger charge is 2.45. The smallest absolute Gasteiger partial charge is 0.255 e. The number of pyridine rings is 1. The Hall–Kier alpha value is -2.89. The molecule has 2 N–H and O–H groups in total. The Bertz CT molecular complexity index is 1080. The summed E-state index contributed by atoms with van der Waals surface area (Å²) in [5.41, 5.74) is 2.10. The molecule has 30 heavy (non-hydrogen) atoms. The van der Waals surface area contributed by atoms with Crippen molar-refractivity contribution in [2.75, 3.05) is 10.6 Å². The van der Waals surface area contributed by atoms with Gasteiger partial charge in [-0.2, -0.15) is 0 Å². The second-order valence-electron chi connectivity index (χ2n) is 7.30. The number of amides is 2. The molecule has 1 aliphatic carbocycles. The summed E-state index contributed by atoms with van der Waals surface area (Å²) in [5, 5.41) is 6.68. The number of aromatic nitrogens is 1. The van der Waals surface area contributed by atoms with Crippen molar-refractivity contribution in [3.05, 3.63) is 88.2 Å². The first-order chi connectivity index (χ1) is 14.5. The molecule has 0 unspecified atom stereocenters. The van der Waals surface area contributed by atoms with E-state index in [1.165, 1.54) is 0 Å². The van der Waals surface area contributed by atoms with Crippen molar-refractivity contribution in [2.45, 2.75) is 24.7 Å². The van der Waals surface area contributed by atoms with Crippen molar-refractivity contribution < 1.29 is 9.59 Å². The van der Waals surface area contributed by atoms with Crippen LogP contribution in [0, 0.1) is 0 Å². The number of hydrogen-bond donors (Lipinski definition) is 2. The van der Waals surface area contributed by atoms with Crippen LogP contribution in [0.15, 0.2) is 66.9 Å². The van der Waals surface area contributed by atoms with Crippen LogP contribution in [0.5, 0.6) is 0 Å². The zero-order valence-corrected chi connectivity index (χ0v) is 17.5. The van der Waals surface area contributed by atoms with E-state index in [0.29, 0.717) is 27.1 Å². The number of carbonyl (C=O) groups is 2. The molecule has 4 rings (SSSR count). The summed E-state index contributed by atoms with van der Waals surface area (Å²) in [4.78, 5) is 29.4. The summed E-state index contributed by atoms with van der Waals surface area (Å²) >= 11 is 11.8. The molecule has 2 amide bonds. The first-order valence-corrected chi connectivity index (χ1v) is 10.3. The first-order valence-electron chi connectivity index (χ1n) is 9.57. The summed E-state index contributed by atoms with van der Waals surface area (Å²) in [6, 6.07) is 17.6. The minimum Gasteiger partial charge on any atom is -0.324 e. The second kappa shape index (κ2) is 8.46. The first kappa shape index (κ1) is 20.4. The Morgan fingerprint density at radius 2 is 1.63 bits per heavy atom. The molecule has 0 bridgehead atoms. The van der Waals surface area contributed by atoms with Gasteiger partial charge < -0.3 is 10.6 Å². The van der Waals surface area contributed by atoms with E-state index in [2.05, 4.69) is 15.6 Å². The minimum absolute atomic E-state index is 0.0615. The molecule has 1 fully saturated rings. The maximum absolute atomic E-state index is 13.0. The largest absolute Gasteiger partial charge is 0.324 e. The van der Waals surface area contributed by atoms with Gasteiger partial charge in [0.05, 0.1) is 17.3 Å². The number of benzene rings is 2. The highest BCUT2D eigenvalue weighted by molar-refractivity contribution is 6.31. The fourth-order valence-electron chi connectivity index (χ4n) is 3.58. The summed E-state index contributed by atoms with van der Waals surface area (Å²) in [5.74, 6) is -0.301. The Kier molecular flexibility index (Phi) is 5.75. The monoisotopic (exact) mass is 439 g/mol. The molecule has 1 saturated carbocycles. The van der Waals surface area contributed by atoms with E-state index < -0.39 is 5.41 Å². The maximum atomic E-state index is 13.0. The molecule has 1 aliphatic rings. The SMILES string of the molecule is O=C(Nc1ccc(C2(C(=O)Nc3ccc(Cl)nc3)CCC2)cc1)c1cccc(Cl)c1. The van der Waals surface area contributed by atoms with Crippen LogP contribution >= 0.6 is 23.2 Å². The van der Waals surface area contributed by atoms with E-state index in [9.17, 15) is 9.59 Å². The number of carbonyl (C=O) groups excluding carboxylic acids is 2. The quantitative estimate of drug-likeness (QED) is 0.500. The van der Waals surface area contributed by atoms with Crippen molar-refractivity contribution in [3.63, 3.8) is 0 Å². The van der Waals surface area contributed by atoms with Crippen LogP contribution in [0.2, 0.25) is 10.2 Å². The number of rotatable bonds is 5. The molecule has 0 saturated heterocycles. The van der Waals surface area contributed by atoms with Gasteiger partial charge in [0.2, 0.25) is 5.91 Å². The molecule has 152 valence electrons. The van der Waals surface area contributed by atoms with E-state index >= 15 is 0 Å². The highest BCUT2D eigenvalue weighted by Crippen LogP contribution is 2.45. The zero-order valence-electron chi connectivity index (χ0n) is 16.0. The third-order valence-corrected chi connectivity index (χ3v) is 5.87. The summed E-state index contributed by atoms with van der Waals surface area (Å²) in [6.07, 6.45) is 4.07. The van der Waals surface area contributed by atoms with E-state index in [4.69, 9.17) is 23.2 Å². The summed E-state index contributed by atoms with van der Waals surface area (Å²) < 4.78 is 0. The van der Waals surface area contributed by atoms with Gasteiger partial charge in [-0.15, -0.1) is 0 Å². The van der Waals surface area contributed by atoms with Crippen LogP contribution < -0.4 is 10.6 Å². The molecule has 1 heterocycles. The average Bonchev–Trinajstić information content (AvgIpc) is 2.70. The maximum Gasteiger partial charge on any atom is 0.255 e. The van der Waals surface area contributed by atoms with Crippen molar-refractivity contribution >= 4 is 46.4 Å². The molecule has 0 radical (unpaired) electrons. The normalized spacial score (nSPS) is 14.5. The molecular formula is C23H19Cl2N3O2. The van der Waals surface area contributed by atoms with Gasteiger partial charge in [-0.3, -0.25) is 9.59 Å². The van der Waals surface area contributed by atoms with Crippen LogP contribution in [0.3, 0.4) is 0 Å². The third kappa shape index (κ3) is 4.18. The Morgan fingerprint density at radius 3 is 2.23 bits per heavy atom. The number of nitrogens with zero attached hydrogens (tertiary/aromatic N) is 1. The van der Waals surface area contributed by atoms with Gasteiger partial charge in [0.25, 0.3) is 5.91 Å². The van der Waals surface area contributed by atoms with Crippen molar-refractivity contribution in [1.82, 2.24) is 4.98 Å². The van der Waals surface area contributed by atoms with Gasteiger partial charge in [0, 0.05) is 16.3 Å². The lowest BCUT2D eigenvalue weighted by Gasteiger charge is -2.40. The average molecular weight is 440 g/mol. The fraction of sp³-hybridized carbons (Fsp3) is 0.174. The van der Waals surface area contributed by atoms with Gasteiger partial charge >= 0.3 is 0 Å². The van der Waals surface area contributed by atoms with E-state index in [-0.39, 0.29) is 11.8 Å². The number of anilines is 2. The fourth-order valence-corrected chi connectivity index (χ4v) is 3.89. The number of hydrogen-bond acceptors (Lipinski definition) is 3. The van der Waals surface area contributed by atoms with Crippen molar-refractivity contribution in [3.8, 4) is 0 Å². The van der Waals surface area contributed by atoms with Crippen molar-refractivity contribution in [2.24, 2.45) is 0 Å². The Balaban J connectivity index is 1.48. The topological polar surface area (TPSA) is 71.1 Å². The van der Waals surface area contributed by atoms with Gasteiger partial charge in [0.15, 0.2) is 0 Å². The standard InChI is InChI=1S/C23H19Cl2N3O2/c24-17-4-1-3-15(13-17)21(29)27-18-7-5-16(6-8-18)23(11-2-12-23)22(30)28-19-9-10-20(25)26-14-19/h1,3-10,13-14H,2,11-12H2,(H,27,29)(H,28,30). The lowest BCUT2D eigenvalue weighted by Crippen LogP contribution is -2.46. The lowest BCUT2D eigenvalue weighted by atomic mass is 9.63. The van der Waals surface area contributed by atoms with Crippen LogP contribution in [0.25, 0.3) is 0 Å². The zero-order chi connectivity index (χ0) is 21.1. The molecule has 3 aromatic rings. The van der Waals surface area contributed by atoms with E-state index in [0.717, 1.165) is 24.8 Å². The predicted molar refractivity (Wildman–Crippen MR) is 119 cm³/mol. The molecule has 5 nitrogen and oxygen atoms in total. The van der Waals surface area contributed by atoms with E-state index in [1.54, 1.807) is 42.6 Å². The number of halogens is 2. The van der Waals surface area contributed by atoms with Crippen LogP contribution in [-0.4, -0.2) is 16.8 Å². The predicted octanol–water partition coefficient (Wildman–Crippen LogP) is 5.70. The van der Waals surface area contributed by atoms with Crippen LogP contribution in [0.4, 0.5) is 11.4 Å². The summed E-state index contributed by atoms with van der Waals surface area (Å²) in [6.45, 7) is 0. The van der Waals surface area contributed by atoms with Gasteiger partial charge in [-0.05, 0) is 60.9 Å². The molecular weight excluding hydrogens is 421 g/mol. The molecule has 1 aromatic heterocycles. The molecule has 0 atom stereocenters. The van der Waals surface area contributed by atoms with Gasteiger partial charge in [0.1, 0.15) is 5.15 Å². The second-order valence-corrected chi connectivity index (χ2v) is 8.12. The third-order valence-electron chi connectivity index (χ3n) is 5.41. The van der Waals surface area contributed by atoms with Gasteiger partial charge in [-0.25, -0.2) is 4.98 Å². The van der Waals surface area contributed by atoms with Crippen LogP contribution in [-0.2, 0) is 10.2 Å². The van der Waals surface area contributed by atoms with Gasteiger partial charge in [-0.1, -0.05) is 47.8 Å². The molecule has 0 aliphatic heterocycles. The molecule has 2 aromatic carbocycles. The summed E-state index contributed by atoms with van der Waals surface area (Å²) in [7, 11) is 0. The number of nitrogens with one attached hydrogen (secondary N) is 2. The molecule has 0 spiro atoms. The van der Waals surface area contributed by atoms with E-state index in [1.807, 2.05) is 24.3 Å². The Labute approximate surface area is 184 Å². The minimum atomic E-state index is -0.574. The van der Waals surface area contributed by atoms with Crippen LogP contribution in [0.1, 0.15) is 35.2 Å². The molecule has 7 heteroatoms. The van der Waals surface area contributed by atoms with Crippen molar-refractivity contribution in [1.29, 1.82) is 0 Å². The Morgan fingerprint density at radius 1 is 0.900 bits per heavy atom. The highest BCUT2D eigenvalue weighted by atomic mass is 35.5.